The van der Waals surface area contributed by atoms with Crippen molar-refractivity contribution in [2.75, 3.05) is 25.1 Å². The highest BCUT2D eigenvalue weighted by atomic mass is 32.2. The van der Waals surface area contributed by atoms with Gasteiger partial charge in [0.2, 0.25) is 0 Å². The van der Waals surface area contributed by atoms with Crippen molar-refractivity contribution in [2.24, 2.45) is 0 Å². The molecule has 0 aromatic carbocycles. The SMILES string of the molecule is CCSCCN(C)Cc1cccc(C)n1. The third kappa shape index (κ3) is 5.19. The van der Waals surface area contributed by atoms with E-state index in [9.17, 15) is 0 Å². The molecule has 1 heterocycles. The van der Waals surface area contributed by atoms with E-state index in [0.717, 1.165) is 18.8 Å². The van der Waals surface area contributed by atoms with E-state index in [1.165, 1.54) is 17.2 Å². The molecule has 0 bridgehead atoms. The molecule has 1 rings (SSSR count). The molecular formula is C12H20N2S. The van der Waals surface area contributed by atoms with Crippen LogP contribution >= 0.6 is 11.8 Å². The molecule has 0 saturated carbocycles. The minimum atomic E-state index is 0.950. The summed E-state index contributed by atoms with van der Waals surface area (Å²) in [6.45, 7) is 6.32. The molecule has 0 spiro atoms. The lowest BCUT2D eigenvalue weighted by Gasteiger charge is -2.15. The predicted octanol–water partition coefficient (Wildman–Crippen LogP) is 2.57. The fourth-order valence-electron chi connectivity index (χ4n) is 1.41. The first-order valence-corrected chi connectivity index (χ1v) is 6.56. The van der Waals surface area contributed by atoms with Gasteiger partial charge in [-0.15, -0.1) is 0 Å². The minimum Gasteiger partial charge on any atom is -0.300 e. The van der Waals surface area contributed by atoms with Crippen molar-refractivity contribution in [3.8, 4) is 0 Å². The van der Waals surface area contributed by atoms with Crippen LogP contribution in [-0.4, -0.2) is 35.0 Å². The molecule has 0 N–H and O–H groups in total. The first kappa shape index (κ1) is 12.5. The van der Waals surface area contributed by atoms with Crippen molar-refractivity contribution < 1.29 is 0 Å². The van der Waals surface area contributed by atoms with Crippen molar-refractivity contribution in [1.82, 2.24) is 9.88 Å². The zero-order chi connectivity index (χ0) is 11.1. The maximum Gasteiger partial charge on any atom is 0.0547 e. The average Bonchev–Trinajstić information content (AvgIpc) is 2.18. The predicted molar refractivity (Wildman–Crippen MR) is 68.3 cm³/mol. The van der Waals surface area contributed by atoms with Crippen LogP contribution in [0.1, 0.15) is 18.3 Å². The number of aryl methyl sites for hydroxylation is 1. The van der Waals surface area contributed by atoms with Gasteiger partial charge in [0, 0.05) is 24.5 Å². The third-order valence-corrected chi connectivity index (χ3v) is 3.08. The molecule has 0 fully saturated rings. The fourth-order valence-corrected chi connectivity index (χ4v) is 2.14. The summed E-state index contributed by atoms with van der Waals surface area (Å²) in [4.78, 5) is 6.82. The van der Waals surface area contributed by atoms with Gasteiger partial charge in [-0.2, -0.15) is 11.8 Å². The second-order valence-corrected chi connectivity index (χ2v) is 5.10. The van der Waals surface area contributed by atoms with E-state index in [1.54, 1.807) is 0 Å². The van der Waals surface area contributed by atoms with E-state index < -0.39 is 0 Å². The Balaban J connectivity index is 2.34. The Labute approximate surface area is 97.1 Å². The number of nitrogens with zero attached hydrogens (tertiary/aromatic N) is 2. The molecule has 0 unspecified atom stereocenters. The molecule has 3 heteroatoms. The Morgan fingerprint density at radius 3 is 2.87 bits per heavy atom. The molecule has 0 aliphatic heterocycles. The molecule has 0 radical (unpaired) electrons. The number of thioether (sulfide) groups is 1. The van der Waals surface area contributed by atoms with Crippen LogP contribution in [0.3, 0.4) is 0 Å². The van der Waals surface area contributed by atoms with Crippen LogP contribution in [0, 0.1) is 6.92 Å². The zero-order valence-corrected chi connectivity index (χ0v) is 10.7. The molecule has 0 aliphatic carbocycles. The molecule has 84 valence electrons. The fraction of sp³-hybridized carbons (Fsp3) is 0.583. The molecule has 0 aliphatic rings. The van der Waals surface area contributed by atoms with Gasteiger partial charge >= 0.3 is 0 Å². The second kappa shape index (κ2) is 6.85. The van der Waals surface area contributed by atoms with Crippen molar-refractivity contribution in [3.63, 3.8) is 0 Å². The van der Waals surface area contributed by atoms with Gasteiger partial charge in [0.25, 0.3) is 0 Å². The third-order valence-electron chi connectivity index (χ3n) is 2.20. The standard InChI is InChI=1S/C12H20N2S/c1-4-15-9-8-14(3)10-12-7-5-6-11(2)13-12/h5-7H,4,8-10H2,1-3H3. The maximum absolute atomic E-state index is 4.49. The topological polar surface area (TPSA) is 16.1 Å². The highest BCUT2D eigenvalue weighted by molar-refractivity contribution is 7.99. The lowest BCUT2D eigenvalue weighted by Crippen LogP contribution is -2.21. The number of pyridine rings is 1. The van der Waals surface area contributed by atoms with Gasteiger partial charge in [-0.05, 0) is 31.9 Å². The lowest BCUT2D eigenvalue weighted by atomic mass is 10.3. The molecule has 1 aromatic rings. The summed E-state index contributed by atoms with van der Waals surface area (Å²) in [6.07, 6.45) is 0. The van der Waals surface area contributed by atoms with Crippen molar-refractivity contribution in [1.29, 1.82) is 0 Å². The van der Waals surface area contributed by atoms with Gasteiger partial charge in [0.1, 0.15) is 0 Å². The Morgan fingerprint density at radius 1 is 1.40 bits per heavy atom. The Morgan fingerprint density at radius 2 is 2.20 bits per heavy atom. The summed E-state index contributed by atoms with van der Waals surface area (Å²) in [5.41, 5.74) is 2.27. The molecule has 1 aromatic heterocycles. The van der Waals surface area contributed by atoms with E-state index in [0.29, 0.717) is 0 Å². The largest absolute Gasteiger partial charge is 0.300 e. The highest BCUT2D eigenvalue weighted by Gasteiger charge is 2.01. The number of hydrogen-bond donors (Lipinski definition) is 0. The highest BCUT2D eigenvalue weighted by Crippen LogP contribution is 2.04. The summed E-state index contributed by atoms with van der Waals surface area (Å²) in [5, 5.41) is 0. The van der Waals surface area contributed by atoms with Crippen molar-refractivity contribution >= 4 is 11.8 Å². The molecule has 0 atom stereocenters. The Hall–Kier alpha value is -0.540. The van der Waals surface area contributed by atoms with Crippen LogP contribution in [0.2, 0.25) is 0 Å². The van der Waals surface area contributed by atoms with Crippen molar-refractivity contribution in [3.05, 3.63) is 29.6 Å². The van der Waals surface area contributed by atoms with Gasteiger partial charge in [-0.1, -0.05) is 13.0 Å². The van der Waals surface area contributed by atoms with Crippen LogP contribution < -0.4 is 0 Å². The molecule has 15 heavy (non-hydrogen) atoms. The van der Waals surface area contributed by atoms with Crippen molar-refractivity contribution in [2.45, 2.75) is 20.4 Å². The van der Waals surface area contributed by atoms with E-state index >= 15 is 0 Å². The summed E-state index contributed by atoms with van der Waals surface area (Å²) >= 11 is 1.99. The van der Waals surface area contributed by atoms with Crippen LogP contribution in [0.4, 0.5) is 0 Å². The number of aromatic nitrogens is 1. The quantitative estimate of drug-likeness (QED) is 0.691. The monoisotopic (exact) mass is 224 g/mol. The molecule has 0 amide bonds. The molecule has 0 saturated heterocycles. The van der Waals surface area contributed by atoms with E-state index in [-0.39, 0.29) is 0 Å². The summed E-state index contributed by atoms with van der Waals surface area (Å²) in [5.74, 6) is 2.41. The van der Waals surface area contributed by atoms with Crippen LogP contribution in [0.25, 0.3) is 0 Å². The van der Waals surface area contributed by atoms with Crippen LogP contribution in [-0.2, 0) is 6.54 Å². The summed E-state index contributed by atoms with van der Waals surface area (Å²) in [6, 6.07) is 6.21. The smallest absolute Gasteiger partial charge is 0.0547 e. The maximum atomic E-state index is 4.49. The minimum absolute atomic E-state index is 0.950. The zero-order valence-electron chi connectivity index (χ0n) is 9.86. The Kier molecular flexibility index (Phi) is 5.73. The van der Waals surface area contributed by atoms with Gasteiger partial charge in [-0.3, -0.25) is 9.88 Å². The van der Waals surface area contributed by atoms with Crippen LogP contribution in [0.15, 0.2) is 18.2 Å². The number of hydrogen-bond acceptors (Lipinski definition) is 3. The van der Waals surface area contributed by atoms with Gasteiger partial charge in [-0.25, -0.2) is 0 Å². The second-order valence-electron chi connectivity index (χ2n) is 3.71. The van der Waals surface area contributed by atoms with Crippen LogP contribution in [0.5, 0.6) is 0 Å². The first-order chi connectivity index (χ1) is 7.22. The van der Waals surface area contributed by atoms with Gasteiger partial charge in [0.15, 0.2) is 0 Å². The van der Waals surface area contributed by atoms with Gasteiger partial charge in [0.05, 0.1) is 5.69 Å². The lowest BCUT2D eigenvalue weighted by molar-refractivity contribution is 0.344. The normalized spacial score (nSPS) is 10.9. The summed E-state index contributed by atoms with van der Waals surface area (Å²) < 4.78 is 0. The molecular weight excluding hydrogens is 204 g/mol. The number of rotatable bonds is 6. The first-order valence-electron chi connectivity index (χ1n) is 5.41. The molecule has 2 nitrogen and oxygen atoms in total. The van der Waals surface area contributed by atoms with E-state index in [2.05, 4.69) is 36.0 Å². The average molecular weight is 224 g/mol. The van der Waals surface area contributed by atoms with E-state index in [4.69, 9.17) is 0 Å². The van der Waals surface area contributed by atoms with E-state index in [1.807, 2.05) is 24.8 Å². The summed E-state index contributed by atoms with van der Waals surface area (Å²) in [7, 11) is 2.15. The van der Waals surface area contributed by atoms with Gasteiger partial charge < -0.3 is 0 Å². The Bertz CT molecular complexity index is 289.